The van der Waals surface area contributed by atoms with E-state index in [2.05, 4.69) is 54.5 Å². The van der Waals surface area contributed by atoms with Crippen molar-refractivity contribution in [1.82, 2.24) is 10.3 Å². The van der Waals surface area contributed by atoms with Crippen LogP contribution in [-0.4, -0.2) is 12.0 Å². The van der Waals surface area contributed by atoms with Gasteiger partial charge < -0.3 is 5.32 Å². The molecule has 1 aromatic carbocycles. The van der Waals surface area contributed by atoms with Crippen LogP contribution in [0.4, 0.5) is 0 Å². The third-order valence-electron chi connectivity index (χ3n) is 3.31. The van der Waals surface area contributed by atoms with E-state index in [0.717, 1.165) is 6.42 Å². The number of likely N-dealkylation sites (N-methyl/N-ethyl adjacent to an activating group) is 1. The topological polar surface area (TPSA) is 24.9 Å². The van der Waals surface area contributed by atoms with Crippen molar-refractivity contribution in [3.63, 3.8) is 0 Å². The minimum Gasteiger partial charge on any atom is -0.313 e. The van der Waals surface area contributed by atoms with Gasteiger partial charge in [0, 0.05) is 18.4 Å². The molecular weight excluding hydrogens is 220 g/mol. The van der Waals surface area contributed by atoms with Crippen molar-refractivity contribution in [2.45, 2.75) is 26.3 Å². The monoisotopic (exact) mass is 240 g/mol. The highest BCUT2D eigenvalue weighted by Crippen LogP contribution is 2.21. The Hall–Kier alpha value is -1.67. The Labute approximate surface area is 109 Å². The average Bonchev–Trinajstić information content (AvgIpc) is 2.37. The van der Waals surface area contributed by atoms with Crippen molar-refractivity contribution in [2.24, 2.45) is 0 Å². The van der Waals surface area contributed by atoms with Crippen molar-refractivity contribution in [2.75, 3.05) is 7.05 Å². The van der Waals surface area contributed by atoms with Crippen LogP contribution in [0.25, 0.3) is 0 Å². The maximum atomic E-state index is 4.15. The zero-order valence-electron chi connectivity index (χ0n) is 11.3. The lowest BCUT2D eigenvalue weighted by Crippen LogP contribution is -2.20. The van der Waals surface area contributed by atoms with Crippen LogP contribution in [0.2, 0.25) is 0 Å². The Balaban J connectivity index is 2.23. The Morgan fingerprint density at radius 3 is 2.72 bits per heavy atom. The van der Waals surface area contributed by atoms with E-state index in [-0.39, 0.29) is 0 Å². The highest BCUT2D eigenvalue weighted by atomic mass is 14.9. The number of nitrogens with one attached hydrogen (secondary N) is 1. The molecule has 0 saturated heterocycles. The van der Waals surface area contributed by atoms with Gasteiger partial charge in [-0.2, -0.15) is 0 Å². The first-order chi connectivity index (χ1) is 8.70. The molecule has 0 radical (unpaired) electrons. The van der Waals surface area contributed by atoms with Crippen molar-refractivity contribution in [3.05, 3.63) is 65.0 Å². The summed E-state index contributed by atoms with van der Waals surface area (Å²) in [4.78, 5) is 4.15. The quantitative estimate of drug-likeness (QED) is 0.887. The van der Waals surface area contributed by atoms with Crippen molar-refractivity contribution in [1.29, 1.82) is 0 Å². The molecule has 0 aliphatic rings. The molecule has 0 spiro atoms. The fourth-order valence-electron chi connectivity index (χ4n) is 2.32. The maximum absolute atomic E-state index is 4.15. The summed E-state index contributed by atoms with van der Waals surface area (Å²) in [5.74, 6) is 0. The molecule has 0 saturated carbocycles. The van der Waals surface area contributed by atoms with Gasteiger partial charge in [0.15, 0.2) is 0 Å². The lowest BCUT2D eigenvalue weighted by Gasteiger charge is -2.18. The first-order valence-corrected chi connectivity index (χ1v) is 6.34. The van der Waals surface area contributed by atoms with Gasteiger partial charge in [0.05, 0.1) is 0 Å². The summed E-state index contributed by atoms with van der Waals surface area (Å²) in [7, 11) is 2.01. The van der Waals surface area contributed by atoms with Crippen LogP contribution in [0.1, 0.15) is 28.3 Å². The molecule has 0 fully saturated rings. The number of hydrogen-bond donors (Lipinski definition) is 1. The van der Waals surface area contributed by atoms with E-state index in [9.17, 15) is 0 Å². The summed E-state index contributed by atoms with van der Waals surface area (Å²) in [6.07, 6.45) is 4.79. The molecule has 1 atom stereocenters. The standard InChI is InChI=1S/C16H20N2/c1-12-5-4-6-14(9-12)10-16(17-3)15-7-8-18-11-13(15)2/h4-9,11,16-17H,10H2,1-3H3. The van der Waals surface area contributed by atoms with Gasteiger partial charge in [0.1, 0.15) is 0 Å². The highest BCUT2D eigenvalue weighted by Gasteiger charge is 2.12. The molecule has 94 valence electrons. The van der Waals surface area contributed by atoms with Gasteiger partial charge in [-0.1, -0.05) is 29.8 Å². The van der Waals surface area contributed by atoms with Crippen molar-refractivity contribution >= 4 is 0 Å². The van der Waals surface area contributed by atoms with Gasteiger partial charge in [-0.3, -0.25) is 4.98 Å². The first-order valence-electron chi connectivity index (χ1n) is 6.34. The van der Waals surface area contributed by atoms with Crippen LogP contribution in [0.3, 0.4) is 0 Å². The summed E-state index contributed by atoms with van der Waals surface area (Å²) in [6.45, 7) is 4.25. The highest BCUT2D eigenvalue weighted by molar-refractivity contribution is 5.29. The fourth-order valence-corrected chi connectivity index (χ4v) is 2.32. The van der Waals surface area contributed by atoms with Crippen LogP contribution in [0.15, 0.2) is 42.7 Å². The Morgan fingerprint density at radius 2 is 2.06 bits per heavy atom. The fraction of sp³-hybridized carbons (Fsp3) is 0.312. The summed E-state index contributed by atoms with van der Waals surface area (Å²) in [6, 6.07) is 11.1. The second-order valence-corrected chi connectivity index (χ2v) is 4.77. The Bertz CT molecular complexity index is 520. The van der Waals surface area contributed by atoms with E-state index in [0.29, 0.717) is 6.04 Å². The van der Waals surface area contributed by atoms with Crippen LogP contribution in [-0.2, 0) is 6.42 Å². The molecule has 2 aromatic rings. The van der Waals surface area contributed by atoms with Gasteiger partial charge in [0.25, 0.3) is 0 Å². The number of hydrogen-bond acceptors (Lipinski definition) is 2. The van der Waals surface area contributed by atoms with Gasteiger partial charge in [-0.15, -0.1) is 0 Å². The lowest BCUT2D eigenvalue weighted by atomic mass is 9.96. The summed E-state index contributed by atoms with van der Waals surface area (Å²) in [5, 5.41) is 3.40. The van der Waals surface area contributed by atoms with E-state index in [1.54, 1.807) is 0 Å². The minimum absolute atomic E-state index is 0.342. The minimum atomic E-state index is 0.342. The third-order valence-corrected chi connectivity index (χ3v) is 3.31. The molecule has 2 heteroatoms. The SMILES string of the molecule is CNC(Cc1cccc(C)c1)c1ccncc1C. The summed E-state index contributed by atoms with van der Waals surface area (Å²) in [5.41, 5.74) is 5.25. The molecule has 2 rings (SSSR count). The number of nitrogens with zero attached hydrogens (tertiary/aromatic N) is 1. The smallest absolute Gasteiger partial charge is 0.0362 e. The molecule has 0 aliphatic heterocycles. The molecule has 1 aromatic heterocycles. The molecule has 0 amide bonds. The Kier molecular flexibility index (Phi) is 4.11. The second kappa shape index (κ2) is 5.78. The predicted molar refractivity (Wildman–Crippen MR) is 75.7 cm³/mol. The van der Waals surface area contributed by atoms with E-state index in [1.807, 2.05) is 19.4 Å². The zero-order chi connectivity index (χ0) is 13.0. The number of benzene rings is 1. The molecule has 1 unspecified atom stereocenters. The molecule has 1 N–H and O–H groups in total. The molecule has 0 bridgehead atoms. The van der Waals surface area contributed by atoms with Crippen molar-refractivity contribution in [3.8, 4) is 0 Å². The molecule has 0 aliphatic carbocycles. The summed E-state index contributed by atoms with van der Waals surface area (Å²) >= 11 is 0. The number of pyridine rings is 1. The van der Waals surface area contributed by atoms with E-state index in [4.69, 9.17) is 0 Å². The van der Waals surface area contributed by atoms with Gasteiger partial charge in [-0.05, 0) is 50.1 Å². The normalized spacial score (nSPS) is 12.4. The van der Waals surface area contributed by atoms with Crippen LogP contribution in [0.5, 0.6) is 0 Å². The maximum Gasteiger partial charge on any atom is 0.0362 e. The number of aromatic nitrogens is 1. The number of rotatable bonds is 4. The van der Waals surface area contributed by atoms with Crippen LogP contribution >= 0.6 is 0 Å². The number of aryl methyl sites for hydroxylation is 2. The predicted octanol–water partition coefficient (Wildman–Crippen LogP) is 3.20. The van der Waals surface area contributed by atoms with E-state index in [1.165, 1.54) is 22.3 Å². The molecule has 18 heavy (non-hydrogen) atoms. The molecule has 1 heterocycles. The lowest BCUT2D eigenvalue weighted by molar-refractivity contribution is 0.588. The van der Waals surface area contributed by atoms with E-state index >= 15 is 0 Å². The largest absolute Gasteiger partial charge is 0.313 e. The average molecular weight is 240 g/mol. The zero-order valence-corrected chi connectivity index (χ0v) is 11.3. The second-order valence-electron chi connectivity index (χ2n) is 4.77. The van der Waals surface area contributed by atoms with Crippen LogP contribution < -0.4 is 5.32 Å². The van der Waals surface area contributed by atoms with Gasteiger partial charge in [0.2, 0.25) is 0 Å². The third kappa shape index (κ3) is 2.96. The van der Waals surface area contributed by atoms with Gasteiger partial charge >= 0.3 is 0 Å². The van der Waals surface area contributed by atoms with E-state index < -0.39 is 0 Å². The Morgan fingerprint density at radius 1 is 1.22 bits per heavy atom. The molecular formula is C16H20N2. The van der Waals surface area contributed by atoms with Crippen molar-refractivity contribution < 1.29 is 0 Å². The summed E-state index contributed by atoms with van der Waals surface area (Å²) < 4.78 is 0. The molecule has 2 nitrogen and oxygen atoms in total. The van der Waals surface area contributed by atoms with Gasteiger partial charge in [-0.25, -0.2) is 0 Å². The first kappa shape index (κ1) is 12.8. The van der Waals surface area contributed by atoms with Crippen LogP contribution in [0, 0.1) is 13.8 Å².